The lowest BCUT2D eigenvalue weighted by Crippen LogP contribution is -2.20. The Balaban J connectivity index is 2.36. The van der Waals surface area contributed by atoms with E-state index in [1.807, 2.05) is 25.2 Å². The highest BCUT2D eigenvalue weighted by atomic mass is 16.5. The lowest BCUT2D eigenvalue weighted by Gasteiger charge is -2.11. The lowest BCUT2D eigenvalue weighted by atomic mass is 10.1. The molecule has 0 saturated heterocycles. The average Bonchev–Trinajstić information content (AvgIpc) is 2.46. The molecule has 1 aromatic carbocycles. The highest BCUT2D eigenvalue weighted by Gasteiger charge is 2.03. The van der Waals surface area contributed by atoms with Crippen molar-refractivity contribution in [3.63, 3.8) is 0 Å². The van der Waals surface area contributed by atoms with Gasteiger partial charge in [-0.05, 0) is 33.2 Å². The molecule has 0 amide bonds. The number of benzene rings is 1. The van der Waals surface area contributed by atoms with Gasteiger partial charge in [0, 0.05) is 24.2 Å². The summed E-state index contributed by atoms with van der Waals surface area (Å²) in [5.74, 6) is 2.29. The van der Waals surface area contributed by atoms with E-state index < -0.39 is 0 Å². The number of hydrogen-bond acceptors (Lipinski definition) is 4. The smallest absolute Gasteiger partial charge is 0.126 e. The SMILES string of the molecule is CNC(C)CCCCOc1cc(OC)cc(OC)c1. The molecule has 0 radical (unpaired) electrons. The molecule has 0 aliphatic carbocycles. The summed E-state index contributed by atoms with van der Waals surface area (Å²) in [6.45, 7) is 2.90. The molecule has 0 spiro atoms. The van der Waals surface area contributed by atoms with Crippen molar-refractivity contribution in [2.24, 2.45) is 0 Å². The maximum atomic E-state index is 5.73. The zero-order valence-electron chi connectivity index (χ0n) is 12.4. The predicted octanol–water partition coefficient (Wildman–Crippen LogP) is 2.86. The molecule has 0 bridgehead atoms. The van der Waals surface area contributed by atoms with E-state index >= 15 is 0 Å². The molecular formula is C15H25NO3. The maximum absolute atomic E-state index is 5.73. The van der Waals surface area contributed by atoms with Crippen molar-refractivity contribution in [2.45, 2.75) is 32.2 Å². The fourth-order valence-corrected chi connectivity index (χ4v) is 1.75. The van der Waals surface area contributed by atoms with E-state index in [0.29, 0.717) is 12.6 Å². The standard InChI is InChI=1S/C15H25NO3/c1-12(16-2)7-5-6-8-19-15-10-13(17-3)9-14(11-15)18-4/h9-12,16H,5-8H2,1-4H3. The van der Waals surface area contributed by atoms with E-state index in [2.05, 4.69) is 12.2 Å². The lowest BCUT2D eigenvalue weighted by molar-refractivity contribution is 0.297. The van der Waals surface area contributed by atoms with Crippen LogP contribution >= 0.6 is 0 Å². The van der Waals surface area contributed by atoms with Gasteiger partial charge in [-0.25, -0.2) is 0 Å². The van der Waals surface area contributed by atoms with Crippen LogP contribution in [0.4, 0.5) is 0 Å². The van der Waals surface area contributed by atoms with Gasteiger partial charge in [-0.3, -0.25) is 0 Å². The van der Waals surface area contributed by atoms with Crippen molar-refractivity contribution < 1.29 is 14.2 Å². The van der Waals surface area contributed by atoms with Crippen LogP contribution in [-0.4, -0.2) is 33.9 Å². The number of rotatable bonds is 9. The van der Waals surface area contributed by atoms with Crippen LogP contribution in [0.25, 0.3) is 0 Å². The first-order chi connectivity index (χ1) is 9.19. The zero-order chi connectivity index (χ0) is 14.1. The van der Waals surface area contributed by atoms with Crippen LogP contribution in [0.1, 0.15) is 26.2 Å². The van der Waals surface area contributed by atoms with E-state index in [9.17, 15) is 0 Å². The minimum Gasteiger partial charge on any atom is -0.496 e. The Labute approximate surface area is 116 Å². The topological polar surface area (TPSA) is 39.7 Å². The summed E-state index contributed by atoms with van der Waals surface area (Å²) in [4.78, 5) is 0. The minimum atomic E-state index is 0.567. The Kier molecular flexibility index (Phi) is 7.11. The molecule has 0 aliphatic rings. The normalized spacial score (nSPS) is 12.0. The Morgan fingerprint density at radius 1 is 1.00 bits per heavy atom. The molecule has 0 aliphatic heterocycles. The first kappa shape index (κ1) is 15.6. The van der Waals surface area contributed by atoms with Gasteiger partial charge < -0.3 is 19.5 Å². The molecule has 19 heavy (non-hydrogen) atoms. The Morgan fingerprint density at radius 2 is 1.58 bits per heavy atom. The molecule has 0 aromatic heterocycles. The van der Waals surface area contributed by atoms with E-state index in [1.54, 1.807) is 14.2 Å². The Morgan fingerprint density at radius 3 is 2.11 bits per heavy atom. The summed E-state index contributed by atoms with van der Waals surface area (Å²) >= 11 is 0. The van der Waals surface area contributed by atoms with Gasteiger partial charge in [-0.2, -0.15) is 0 Å². The fourth-order valence-electron chi connectivity index (χ4n) is 1.75. The first-order valence-corrected chi connectivity index (χ1v) is 6.72. The van der Waals surface area contributed by atoms with Crippen molar-refractivity contribution in [1.29, 1.82) is 0 Å². The van der Waals surface area contributed by atoms with Crippen molar-refractivity contribution in [3.8, 4) is 17.2 Å². The summed E-state index contributed by atoms with van der Waals surface area (Å²) in [5.41, 5.74) is 0. The van der Waals surface area contributed by atoms with E-state index in [0.717, 1.165) is 30.1 Å². The second-order valence-electron chi connectivity index (χ2n) is 4.58. The second kappa shape index (κ2) is 8.64. The largest absolute Gasteiger partial charge is 0.496 e. The molecule has 108 valence electrons. The molecule has 1 aromatic rings. The van der Waals surface area contributed by atoms with Crippen LogP contribution in [-0.2, 0) is 0 Å². The number of nitrogens with one attached hydrogen (secondary N) is 1. The molecule has 0 saturated carbocycles. The van der Waals surface area contributed by atoms with Gasteiger partial charge in [0.1, 0.15) is 17.2 Å². The zero-order valence-corrected chi connectivity index (χ0v) is 12.4. The molecule has 4 heteroatoms. The second-order valence-corrected chi connectivity index (χ2v) is 4.58. The van der Waals surface area contributed by atoms with Crippen molar-refractivity contribution >= 4 is 0 Å². The highest BCUT2D eigenvalue weighted by molar-refractivity contribution is 5.41. The molecule has 1 unspecified atom stereocenters. The summed E-state index contributed by atoms with van der Waals surface area (Å²) < 4.78 is 16.1. The fraction of sp³-hybridized carbons (Fsp3) is 0.600. The van der Waals surface area contributed by atoms with Crippen LogP contribution < -0.4 is 19.5 Å². The van der Waals surface area contributed by atoms with Crippen molar-refractivity contribution in [2.75, 3.05) is 27.9 Å². The number of unbranched alkanes of at least 4 members (excludes halogenated alkanes) is 1. The van der Waals surface area contributed by atoms with Crippen LogP contribution in [0, 0.1) is 0 Å². The average molecular weight is 267 g/mol. The number of hydrogen-bond donors (Lipinski definition) is 1. The van der Waals surface area contributed by atoms with Gasteiger partial charge in [-0.1, -0.05) is 0 Å². The summed E-state index contributed by atoms with van der Waals surface area (Å²) in [5, 5.41) is 3.23. The van der Waals surface area contributed by atoms with Gasteiger partial charge in [0.15, 0.2) is 0 Å². The molecule has 1 rings (SSSR count). The predicted molar refractivity (Wildman–Crippen MR) is 77.4 cm³/mol. The minimum absolute atomic E-state index is 0.567. The molecular weight excluding hydrogens is 242 g/mol. The third-order valence-corrected chi connectivity index (χ3v) is 3.12. The number of ether oxygens (including phenoxy) is 3. The monoisotopic (exact) mass is 267 g/mol. The van der Waals surface area contributed by atoms with Gasteiger partial charge in [-0.15, -0.1) is 0 Å². The van der Waals surface area contributed by atoms with Crippen molar-refractivity contribution in [3.05, 3.63) is 18.2 Å². The summed E-state index contributed by atoms with van der Waals surface area (Å²) in [6.07, 6.45) is 3.37. The molecule has 4 nitrogen and oxygen atoms in total. The van der Waals surface area contributed by atoms with E-state index in [-0.39, 0.29) is 0 Å². The van der Waals surface area contributed by atoms with Crippen LogP contribution in [0.15, 0.2) is 18.2 Å². The quantitative estimate of drug-likeness (QED) is 0.698. The van der Waals surface area contributed by atoms with Gasteiger partial charge in [0.25, 0.3) is 0 Å². The van der Waals surface area contributed by atoms with E-state index in [4.69, 9.17) is 14.2 Å². The summed E-state index contributed by atoms with van der Waals surface area (Å²) in [7, 11) is 5.26. The van der Waals surface area contributed by atoms with E-state index in [1.165, 1.54) is 6.42 Å². The van der Waals surface area contributed by atoms with Crippen molar-refractivity contribution in [1.82, 2.24) is 5.32 Å². The van der Waals surface area contributed by atoms with Crippen LogP contribution in [0.5, 0.6) is 17.2 Å². The molecule has 1 N–H and O–H groups in total. The van der Waals surface area contributed by atoms with Crippen LogP contribution in [0.2, 0.25) is 0 Å². The summed E-state index contributed by atoms with van der Waals surface area (Å²) in [6, 6.07) is 6.15. The molecule has 0 heterocycles. The van der Waals surface area contributed by atoms with Gasteiger partial charge in [0.2, 0.25) is 0 Å². The Bertz CT molecular complexity index is 346. The third kappa shape index (κ3) is 5.83. The first-order valence-electron chi connectivity index (χ1n) is 6.72. The number of methoxy groups -OCH3 is 2. The molecule has 0 fully saturated rings. The third-order valence-electron chi connectivity index (χ3n) is 3.12. The van der Waals surface area contributed by atoms with Gasteiger partial charge >= 0.3 is 0 Å². The molecule has 1 atom stereocenters. The van der Waals surface area contributed by atoms with Gasteiger partial charge in [0.05, 0.1) is 20.8 Å². The maximum Gasteiger partial charge on any atom is 0.126 e. The highest BCUT2D eigenvalue weighted by Crippen LogP contribution is 2.27. The Hall–Kier alpha value is -1.42. The van der Waals surface area contributed by atoms with Crippen LogP contribution in [0.3, 0.4) is 0 Å².